The first-order valence-electron chi connectivity index (χ1n) is 6.01. The Morgan fingerprint density at radius 1 is 1.14 bits per heavy atom. The molecule has 0 aliphatic rings. The molecule has 0 saturated carbocycles. The van der Waals surface area contributed by atoms with Gasteiger partial charge < -0.3 is 10.2 Å². The first-order valence-corrected chi connectivity index (χ1v) is 6.01. The minimum atomic E-state index is -4.77. The van der Waals surface area contributed by atoms with Crippen molar-refractivity contribution in [2.75, 3.05) is 30.4 Å². The third kappa shape index (κ3) is 5.64. The molecule has 0 spiro atoms. The highest BCUT2D eigenvalue weighted by Gasteiger charge is 2.36. The van der Waals surface area contributed by atoms with Crippen LogP contribution in [0.4, 0.5) is 38.0 Å². The zero-order chi connectivity index (χ0) is 16.3. The standard InChI is InChI=1S/C11H14F6N4/c1-3-18-7-6-8(20-9(19-7)11(15,16)17)21(2)5-4-10(12,13)14/h6H,3-5H2,1-2H3,(H,18,19,20). The van der Waals surface area contributed by atoms with Gasteiger partial charge in [-0.05, 0) is 6.92 Å². The van der Waals surface area contributed by atoms with Crippen LogP contribution >= 0.6 is 0 Å². The lowest BCUT2D eigenvalue weighted by atomic mass is 10.3. The second-order valence-corrected chi connectivity index (χ2v) is 4.25. The topological polar surface area (TPSA) is 41.0 Å². The van der Waals surface area contributed by atoms with Crippen LogP contribution in [0, 0.1) is 0 Å². The van der Waals surface area contributed by atoms with Crippen molar-refractivity contribution in [3.8, 4) is 0 Å². The first kappa shape index (κ1) is 17.3. The van der Waals surface area contributed by atoms with E-state index in [1.165, 1.54) is 13.1 Å². The van der Waals surface area contributed by atoms with Gasteiger partial charge in [0.15, 0.2) is 0 Å². The summed E-state index contributed by atoms with van der Waals surface area (Å²) in [5.41, 5.74) is 0. The maximum Gasteiger partial charge on any atom is 0.451 e. The van der Waals surface area contributed by atoms with Crippen LogP contribution in [0.5, 0.6) is 0 Å². The SMILES string of the molecule is CCNc1cc(N(C)CCC(F)(F)F)nc(C(F)(F)F)n1. The van der Waals surface area contributed by atoms with Gasteiger partial charge in [-0.2, -0.15) is 26.3 Å². The number of hydrogen-bond acceptors (Lipinski definition) is 4. The summed E-state index contributed by atoms with van der Waals surface area (Å²) in [6.07, 6.45) is -10.3. The molecule has 0 radical (unpaired) electrons. The van der Waals surface area contributed by atoms with Gasteiger partial charge in [0.1, 0.15) is 11.6 Å². The van der Waals surface area contributed by atoms with Crippen molar-refractivity contribution in [1.82, 2.24) is 9.97 Å². The van der Waals surface area contributed by atoms with Crippen LogP contribution in [0.15, 0.2) is 6.07 Å². The van der Waals surface area contributed by atoms with Crippen LogP contribution in [0.2, 0.25) is 0 Å². The van der Waals surface area contributed by atoms with E-state index in [4.69, 9.17) is 0 Å². The van der Waals surface area contributed by atoms with Gasteiger partial charge in [-0.25, -0.2) is 9.97 Å². The summed E-state index contributed by atoms with van der Waals surface area (Å²) in [6, 6.07) is 1.18. The Bertz CT molecular complexity index is 471. The van der Waals surface area contributed by atoms with E-state index >= 15 is 0 Å². The van der Waals surface area contributed by atoms with Crippen LogP contribution in [0.3, 0.4) is 0 Å². The van der Waals surface area contributed by atoms with Crippen molar-refractivity contribution < 1.29 is 26.3 Å². The maximum absolute atomic E-state index is 12.7. The van der Waals surface area contributed by atoms with Crippen LogP contribution < -0.4 is 10.2 Å². The lowest BCUT2D eigenvalue weighted by molar-refractivity contribution is -0.145. The van der Waals surface area contributed by atoms with E-state index in [0.717, 1.165) is 4.90 Å². The molecule has 0 saturated heterocycles. The molecule has 0 amide bonds. The molecule has 0 bridgehead atoms. The predicted molar refractivity (Wildman–Crippen MR) is 65.1 cm³/mol. The van der Waals surface area contributed by atoms with Crippen LogP contribution in [0.1, 0.15) is 19.2 Å². The summed E-state index contributed by atoms with van der Waals surface area (Å²) in [7, 11) is 1.24. The molecule has 1 N–H and O–H groups in total. The first-order chi connectivity index (χ1) is 9.53. The van der Waals surface area contributed by atoms with Gasteiger partial charge in [-0.3, -0.25) is 0 Å². The third-order valence-corrected chi connectivity index (χ3v) is 2.45. The molecule has 0 aliphatic heterocycles. The average molecular weight is 316 g/mol. The molecular weight excluding hydrogens is 302 g/mol. The van der Waals surface area contributed by atoms with Crippen molar-refractivity contribution in [3.05, 3.63) is 11.9 Å². The summed E-state index contributed by atoms with van der Waals surface area (Å²) in [6.45, 7) is 1.48. The number of hydrogen-bond donors (Lipinski definition) is 1. The number of alkyl halides is 6. The number of nitrogens with one attached hydrogen (secondary N) is 1. The lowest BCUT2D eigenvalue weighted by Gasteiger charge is -2.20. The number of anilines is 2. The summed E-state index contributed by atoms with van der Waals surface area (Å²) in [5.74, 6) is -1.71. The Labute approximate surface area is 117 Å². The zero-order valence-corrected chi connectivity index (χ0v) is 11.3. The highest BCUT2D eigenvalue weighted by Crippen LogP contribution is 2.29. The average Bonchev–Trinajstić information content (AvgIpc) is 2.34. The Hall–Kier alpha value is -1.74. The summed E-state index contributed by atoms with van der Waals surface area (Å²) in [5, 5.41) is 2.59. The molecule has 21 heavy (non-hydrogen) atoms. The molecule has 0 aromatic carbocycles. The molecular formula is C11H14F6N4. The number of rotatable bonds is 5. The highest BCUT2D eigenvalue weighted by atomic mass is 19.4. The van der Waals surface area contributed by atoms with Crippen molar-refractivity contribution in [3.63, 3.8) is 0 Å². The van der Waals surface area contributed by atoms with Gasteiger partial charge >= 0.3 is 12.4 Å². The summed E-state index contributed by atoms with van der Waals surface area (Å²) < 4.78 is 74.5. The number of nitrogens with zero attached hydrogens (tertiary/aromatic N) is 3. The van der Waals surface area contributed by atoms with Crippen molar-refractivity contribution in [2.24, 2.45) is 0 Å². The molecule has 1 rings (SSSR count). The monoisotopic (exact) mass is 316 g/mol. The van der Waals surface area contributed by atoms with E-state index in [9.17, 15) is 26.3 Å². The third-order valence-electron chi connectivity index (χ3n) is 2.45. The van der Waals surface area contributed by atoms with E-state index in [2.05, 4.69) is 15.3 Å². The predicted octanol–water partition coefficient (Wildman–Crippen LogP) is 3.32. The van der Waals surface area contributed by atoms with Gasteiger partial charge in [-0.1, -0.05) is 0 Å². The van der Waals surface area contributed by atoms with E-state index in [-0.39, 0.29) is 11.6 Å². The van der Waals surface area contributed by atoms with Crippen LogP contribution in [-0.4, -0.2) is 36.3 Å². The molecule has 0 atom stereocenters. The van der Waals surface area contributed by atoms with Crippen molar-refractivity contribution >= 4 is 11.6 Å². The van der Waals surface area contributed by atoms with Gasteiger partial charge in [0.25, 0.3) is 0 Å². The van der Waals surface area contributed by atoms with Crippen LogP contribution in [-0.2, 0) is 6.18 Å². The number of aromatic nitrogens is 2. The van der Waals surface area contributed by atoms with Crippen molar-refractivity contribution in [2.45, 2.75) is 25.7 Å². The van der Waals surface area contributed by atoms with Gasteiger partial charge in [0.05, 0.1) is 6.42 Å². The largest absolute Gasteiger partial charge is 0.451 e. The Kier molecular flexibility index (Phi) is 5.24. The van der Waals surface area contributed by atoms with E-state index < -0.39 is 31.1 Å². The molecule has 1 aromatic heterocycles. The normalized spacial score (nSPS) is 12.4. The zero-order valence-electron chi connectivity index (χ0n) is 11.3. The number of halogens is 6. The van der Waals surface area contributed by atoms with E-state index in [0.29, 0.717) is 6.54 Å². The molecule has 0 aliphatic carbocycles. The van der Waals surface area contributed by atoms with E-state index in [1.54, 1.807) is 6.92 Å². The van der Waals surface area contributed by atoms with Crippen LogP contribution in [0.25, 0.3) is 0 Å². The second kappa shape index (κ2) is 6.35. The molecule has 0 fully saturated rings. The fourth-order valence-electron chi connectivity index (χ4n) is 1.44. The molecule has 120 valence electrons. The molecule has 10 heteroatoms. The fourth-order valence-corrected chi connectivity index (χ4v) is 1.44. The molecule has 0 unspecified atom stereocenters. The minimum Gasteiger partial charge on any atom is -0.370 e. The summed E-state index contributed by atoms with van der Waals surface area (Å²) in [4.78, 5) is 7.56. The lowest BCUT2D eigenvalue weighted by Crippen LogP contribution is -2.26. The van der Waals surface area contributed by atoms with E-state index in [1.807, 2.05) is 0 Å². The Morgan fingerprint density at radius 3 is 2.24 bits per heavy atom. The maximum atomic E-state index is 12.7. The smallest absolute Gasteiger partial charge is 0.370 e. The van der Waals surface area contributed by atoms with Gasteiger partial charge in [0.2, 0.25) is 5.82 Å². The van der Waals surface area contributed by atoms with Crippen molar-refractivity contribution in [1.29, 1.82) is 0 Å². The van der Waals surface area contributed by atoms with Gasteiger partial charge in [0, 0.05) is 26.2 Å². The second-order valence-electron chi connectivity index (χ2n) is 4.25. The Morgan fingerprint density at radius 2 is 1.76 bits per heavy atom. The highest BCUT2D eigenvalue weighted by molar-refractivity contribution is 5.49. The quantitative estimate of drug-likeness (QED) is 0.846. The van der Waals surface area contributed by atoms with Gasteiger partial charge in [-0.15, -0.1) is 0 Å². The molecule has 1 aromatic rings. The summed E-state index contributed by atoms with van der Waals surface area (Å²) >= 11 is 0. The molecule has 1 heterocycles. The fraction of sp³-hybridized carbons (Fsp3) is 0.636. The minimum absolute atomic E-state index is 0.0892. The Balaban J connectivity index is 3.02. The molecule has 4 nitrogen and oxygen atoms in total.